The second-order valence-corrected chi connectivity index (χ2v) is 4.58. The van der Waals surface area contributed by atoms with Gasteiger partial charge in [0.2, 0.25) is 23.6 Å². The Hall–Kier alpha value is -3.68. The highest BCUT2D eigenvalue weighted by atomic mass is 16.2. The van der Waals surface area contributed by atoms with Gasteiger partial charge in [-0.3, -0.25) is 19.2 Å². The molecule has 0 aliphatic carbocycles. The highest BCUT2D eigenvalue weighted by molar-refractivity contribution is 6.06. The molecule has 0 heterocycles. The van der Waals surface area contributed by atoms with Gasteiger partial charge in [0.25, 0.3) is 0 Å². The van der Waals surface area contributed by atoms with Crippen molar-refractivity contribution in [2.45, 2.75) is 0 Å². The van der Waals surface area contributed by atoms with Crippen LogP contribution in [0.4, 0.5) is 0 Å². The molecule has 0 fully saturated rings. The first-order valence-electron chi connectivity index (χ1n) is 6.62. The molecule has 0 atom stereocenters. The minimum Gasteiger partial charge on any atom is -0.366 e. The summed E-state index contributed by atoms with van der Waals surface area (Å²) < 4.78 is 0. The lowest BCUT2D eigenvalue weighted by Crippen LogP contribution is -2.20. The Labute approximate surface area is 137 Å². The van der Waals surface area contributed by atoms with E-state index in [2.05, 4.69) is 0 Å². The number of hydrogen-bond acceptors (Lipinski definition) is 4. The van der Waals surface area contributed by atoms with Crippen LogP contribution in [-0.4, -0.2) is 23.6 Å². The molecule has 0 aromatic heterocycles. The SMILES string of the molecule is NC(=O)c1ccc(C(N)=O)cc1.NC(=O)c1ccccc1C(N)=O. The highest BCUT2D eigenvalue weighted by Gasteiger charge is 2.10. The average Bonchev–Trinajstić information content (AvgIpc) is 2.55. The largest absolute Gasteiger partial charge is 0.366 e. The molecule has 2 aromatic carbocycles. The zero-order valence-electron chi connectivity index (χ0n) is 12.6. The second-order valence-electron chi connectivity index (χ2n) is 4.58. The van der Waals surface area contributed by atoms with E-state index >= 15 is 0 Å². The van der Waals surface area contributed by atoms with Crippen LogP contribution >= 0.6 is 0 Å². The molecule has 0 aliphatic rings. The molecule has 124 valence electrons. The van der Waals surface area contributed by atoms with E-state index in [0.717, 1.165) is 0 Å². The van der Waals surface area contributed by atoms with Crippen LogP contribution in [0.1, 0.15) is 41.4 Å². The van der Waals surface area contributed by atoms with Gasteiger partial charge in [0, 0.05) is 11.1 Å². The lowest BCUT2D eigenvalue weighted by atomic mass is 10.1. The van der Waals surface area contributed by atoms with E-state index in [-0.39, 0.29) is 11.1 Å². The lowest BCUT2D eigenvalue weighted by molar-refractivity contribution is 0.0967. The first-order chi connectivity index (χ1) is 11.2. The fourth-order valence-corrected chi connectivity index (χ4v) is 1.71. The normalized spacial score (nSPS) is 9.33. The van der Waals surface area contributed by atoms with Gasteiger partial charge < -0.3 is 22.9 Å². The first-order valence-corrected chi connectivity index (χ1v) is 6.62. The maximum atomic E-state index is 10.7. The third-order valence-corrected chi connectivity index (χ3v) is 2.91. The molecule has 0 spiro atoms. The number of carbonyl (C=O) groups excluding carboxylic acids is 4. The van der Waals surface area contributed by atoms with Gasteiger partial charge in [-0.25, -0.2) is 0 Å². The smallest absolute Gasteiger partial charge is 0.249 e. The van der Waals surface area contributed by atoms with E-state index in [0.29, 0.717) is 11.1 Å². The second kappa shape index (κ2) is 8.08. The van der Waals surface area contributed by atoms with Crippen LogP contribution in [0, 0.1) is 0 Å². The monoisotopic (exact) mass is 328 g/mol. The minimum atomic E-state index is -0.649. The van der Waals surface area contributed by atoms with Crippen molar-refractivity contribution in [2.24, 2.45) is 22.9 Å². The van der Waals surface area contributed by atoms with E-state index in [1.807, 2.05) is 0 Å². The van der Waals surface area contributed by atoms with E-state index in [1.165, 1.54) is 36.4 Å². The van der Waals surface area contributed by atoms with Crippen LogP contribution in [0.2, 0.25) is 0 Å². The fourth-order valence-electron chi connectivity index (χ4n) is 1.71. The van der Waals surface area contributed by atoms with Crippen LogP contribution < -0.4 is 22.9 Å². The molecule has 0 aliphatic heterocycles. The Kier molecular flexibility index (Phi) is 6.19. The summed E-state index contributed by atoms with van der Waals surface area (Å²) >= 11 is 0. The van der Waals surface area contributed by atoms with Crippen molar-refractivity contribution >= 4 is 23.6 Å². The quantitative estimate of drug-likeness (QED) is 0.607. The summed E-state index contributed by atoms with van der Waals surface area (Å²) in [5.74, 6) is -2.34. The summed E-state index contributed by atoms with van der Waals surface area (Å²) in [4.78, 5) is 42.7. The first kappa shape index (κ1) is 18.4. The summed E-state index contributed by atoms with van der Waals surface area (Å²) in [7, 11) is 0. The number of carbonyl (C=O) groups is 4. The Morgan fingerprint density at radius 3 is 1.00 bits per heavy atom. The van der Waals surface area contributed by atoms with Crippen LogP contribution in [0.5, 0.6) is 0 Å². The highest BCUT2D eigenvalue weighted by Crippen LogP contribution is 2.06. The molecule has 24 heavy (non-hydrogen) atoms. The van der Waals surface area contributed by atoms with Crippen molar-refractivity contribution in [1.82, 2.24) is 0 Å². The Morgan fingerprint density at radius 2 is 0.792 bits per heavy atom. The van der Waals surface area contributed by atoms with Gasteiger partial charge in [-0.2, -0.15) is 0 Å². The molecule has 2 aromatic rings. The van der Waals surface area contributed by atoms with Crippen molar-refractivity contribution < 1.29 is 19.2 Å². The molecule has 0 unspecified atom stereocenters. The number of hydrogen-bond donors (Lipinski definition) is 4. The van der Waals surface area contributed by atoms with Gasteiger partial charge >= 0.3 is 0 Å². The topological polar surface area (TPSA) is 172 Å². The number of primary amides is 4. The number of benzene rings is 2. The maximum Gasteiger partial charge on any atom is 0.249 e. The Balaban J connectivity index is 0.000000240. The van der Waals surface area contributed by atoms with Gasteiger partial charge in [-0.15, -0.1) is 0 Å². The van der Waals surface area contributed by atoms with Gasteiger partial charge in [0.05, 0.1) is 11.1 Å². The molecule has 0 radical (unpaired) electrons. The number of amides is 4. The Bertz CT molecular complexity index is 719. The minimum absolute atomic E-state index is 0.157. The van der Waals surface area contributed by atoms with Gasteiger partial charge in [-0.05, 0) is 36.4 Å². The van der Waals surface area contributed by atoms with Crippen molar-refractivity contribution in [1.29, 1.82) is 0 Å². The van der Waals surface area contributed by atoms with E-state index in [4.69, 9.17) is 22.9 Å². The van der Waals surface area contributed by atoms with Crippen LogP contribution in [0.25, 0.3) is 0 Å². The molecule has 0 saturated heterocycles. The Morgan fingerprint density at radius 1 is 0.500 bits per heavy atom. The van der Waals surface area contributed by atoms with Gasteiger partial charge in [0.1, 0.15) is 0 Å². The molecule has 8 N–H and O–H groups in total. The number of nitrogens with two attached hydrogens (primary N) is 4. The molecule has 4 amide bonds. The number of rotatable bonds is 4. The summed E-state index contributed by atoms with van der Waals surface area (Å²) in [6, 6.07) is 12.0. The van der Waals surface area contributed by atoms with Crippen molar-refractivity contribution in [3.63, 3.8) is 0 Å². The molecule has 8 nitrogen and oxygen atoms in total. The summed E-state index contributed by atoms with van der Waals surface area (Å²) in [6.07, 6.45) is 0. The molecule has 2 rings (SSSR count). The summed E-state index contributed by atoms with van der Waals surface area (Å²) in [5, 5.41) is 0. The third-order valence-electron chi connectivity index (χ3n) is 2.91. The van der Waals surface area contributed by atoms with Crippen LogP contribution in [0.15, 0.2) is 48.5 Å². The zero-order chi connectivity index (χ0) is 18.3. The van der Waals surface area contributed by atoms with Crippen molar-refractivity contribution in [3.8, 4) is 0 Å². The van der Waals surface area contributed by atoms with Crippen LogP contribution in [0.3, 0.4) is 0 Å². The van der Waals surface area contributed by atoms with Crippen LogP contribution in [-0.2, 0) is 0 Å². The third kappa shape index (κ3) is 4.95. The fraction of sp³-hybridized carbons (Fsp3) is 0. The van der Waals surface area contributed by atoms with E-state index in [1.54, 1.807) is 12.1 Å². The molecular weight excluding hydrogens is 312 g/mol. The van der Waals surface area contributed by atoms with Crippen molar-refractivity contribution in [3.05, 3.63) is 70.8 Å². The van der Waals surface area contributed by atoms with E-state index in [9.17, 15) is 19.2 Å². The standard InChI is InChI=1S/2C8H8N2O2/c9-7(11)5-1-2-6(4-3-5)8(10)12;9-7(11)5-3-1-2-4-6(5)8(10)12/h2*1-4H,(H2,9,11)(H2,10,12). The summed E-state index contributed by atoms with van der Waals surface area (Å²) in [5.41, 5.74) is 21.0. The average molecular weight is 328 g/mol. The molecule has 8 heteroatoms. The summed E-state index contributed by atoms with van der Waals surface area (Å²) in [6.45, 7) is 0. The molecule has 0 saturated carbocycles. The van der Waals surface area contributed by atoms with Crippen molar-refractivity contribution in [2.75, 3.05) is 0 Å². The van der Waals surface area contributed by atoms with Gasteiger partial charge in [0.15, 0.2) is 0 Å². The maximum absolute atomic E-state index is 10.7. The predicted octanol–water partition coefficient (Wildman–Crippen LogP) is -0.231. The van der Waals surface area contributed by atoms with Gasteiger partial charge in [-0.1, -0.05) is 12.1 Å². The predicted molar refractivity (Wildman–Crippen MR) is 87.0 cm³/mol. The van der Waals surface area contributed by atoms with E-state index < -0.39 is 23.6 Å². The molecular formula is C16H16N4O4. The molecule has 0 bridgehead atoms. The lowest BCUT2D eigenvalue weighted by Gasteiger charge is -2.00. The zero-order valence-corrected chi connectivity index (χ0v) is 12.6.